The molecule has 0 aliphatic heterocycles. The number of hydrogen-bond donors (Lipinski definition) is 1. The average Bonchev–Trinajstić information content (AvgIpc) is 2.57. The lowest BCUT2D eigenvalue weighted by molar-refractivity contribution is 0.312. The Hall–Kier alpha value is -1.79. The molecule has 0 atom stereocenters. The van der Waals surface area contributed by atoms with E-state index >= 15 is 0 Å². The van der Waals surface area contributed by atoms with Gasteiger partial charge >= 0.3 is 0 Å². The van der Waals surface area contributed by atoms with E-state index in [0.717, 1.165) is 25.3 Å². The van der Waals surface area contributed by atoms with Crippen LogP contribution in [-0.4, -0.2) is 13.2 Å². The number of benzene rings is 1. The number of hydrogen-bond acceptors (Lipinski definition) is 3. The van der Waals surface area contributed by atoms with Crippen molar-refractivity contribution >= 4 is 0 Å². The fourth-order valence-electron chi connectivity index (χ4n) is 2.70. The lowest BCUT2D eigenvalue weighted by atomic mass is 9.97. The van der Waals surface area contributed by atoms with Crippen LogP contribution in [-0.2, 0) is 6.54 Å². The molecule has 0 amide bonds. The molecule has 0 saturated heterocycles. The maximum atomic E-state index is 8.50. The third kappa shape index (κ3) is 6.32. The number of unbranched alkanes of at least 4 members (excludes halogenated alkanes) is 1. The third-order valence-electron chi connectivity index (χ3n) is 3.94. The van der Waals surface area contributed by atoms with E-state index in [0.29, 0.717) is 13.0 Å². The molecule has 0 unspecified atom stereocenters. The third-order valence-corrected chi connectivity index (χ3v) is 3.94. The van der Waals surface area contributed by atoms with Gasteiger partial charge in [-0.15, -0.1) is 0 Å². The fourth-order valence-corrected chi connectivity index (χ4v) is 2.70. The van der Waals surface area contributed by atoms with Crippen LogP contribution in [0, 0.1) is 11.3 Å². The smallest absolute Gasteiger partial charge is 0.119 e. The summed E-state index contributed by atoms with van der Waals surface area (Å²) in [6.45, 7) is 2.53. The van der Waals surface area contributed by atoms with E-state index in [2.05, 4.69) is 29.6 Å². The molecule has 1 aliphatic rings. The number of nitrogens with one attached hydrogen (secondary N) is 1. The lowest BCUT2D eigenvalue weighted by Gasteiger charge is -2.13. The molecular weight excluding hydrogens is 272 g/mol. The van der Waals surface area contributed by atoms with E-state index in [4.69, 9.17) is 10.00 Å². The van der Waals surface area contributed by atoms with Crippen molar-refractivity contribution in [1.82, 2.24) is 5.32 Å². The maximum absolute atomic E-state index is 8.50. The molecule has 0 spiro atoms. The van der Waals surface area contributed by atoms with Crippen LogP contribution < -0.4 is 10.1 Å². The van der Waals surface area contributed by atoms with Crippen molar-refractivity contribution in [2.75, 3.05) is 13.2 Å². The Balaban J connectivity index is 1.66. The summed E-state index contributed by atoms with van der Waals surface area (Å²) in [4.78, 5) is 0. The van der Waals surface area contributed by atoms with E-state index < -0.39 is 0 Å². The molecule has 22 heavy (non-hydrogen) atoms. The minimum atomic E-state index is 0.553. The van der Waals surface area contributed by atoms with E-state index in [1.54, 1.807) is 5.57 Å². The normalized spacial score (nSPS) is 14.2. The molecule has 1 aliphatic carbocycles. The molecule has 1 aromatic carbocycles. The summed E-state index contributed by atoms with van der Waals surface area (Å²) >= 11 is 0. The second-order valence-corrected chi connectivity index (χ2v) is 5.79. The Bertz CT molecular complexity index is 516. The highest BCUT2D eigenvalue weighted by Crippen LogP contribution is 2.19. The van der Waals surface area contributed by atoms with Crippen LogP contribution in [0.15, 0.2) is 35.9 Å². The van der Waals surface area contributed by atoms with Crippen LogP contribution in [0.1, 0.15) is 50.5 Å². The fraction of sp³-hybridized carbons (Fsp3) is 0.526. The van der Waals surface area contributed by atoms with Crippen LogP contribution in [0.25, 0.3) is 0 Å². The van der Waals surface area contributed by atoms with Crippen molar-refractivity contribution in [3.8, 4) is 11.8 Å². The average molecular weight is 298 g/mol. The zero-order valence-electron chi connectivity index (χ0n) is 13.3. The summed E-state index contributed by atoms with van der Waals surface area (Å²) in [5, 5.41) is 12.0. The van der Waals surface area contributed by atoms with Gasteiger partial charge in [0, 0.05) is 13.0 Å². The molecule has 1 aromatic rings. The molecule has 0 saturated carbocycles. The molecule has 0 bridgehead atoms. The van der Waals surface area contributed by atoms with Crippen LogP contribution >= 0.6 is 0 Å². The summed E-state index contributed by atoms with van der Waals surface area (Å²) in [5.74, 6) is 0.896. The molecule has 2 rings (SSSR count). The maximum Gasteiger partial charge on any atom is 0.119 e. The molecule has 3 nitrogen and oxygen atoms in total. The second-order valence-electron chi connectivity index (χ2n) is 5.79. The standard InChI is InChI=1S/C19H26N2O/c20-12-4-5-14-22-19-10-6-9-18(15-19)16-21-13-11-17-7-2-1-3-8-17/h6-7,9-10,15,21H,1-5,8,11,13-14,16H2. The largest absolute Gasteiger partial charge is 0.494 e. The van der Waals surface area contributed by atoms with Gasteiger partial charge in [-0.2, -0.15) is 5.26 Å². The summed E-state index contributed by atoms with van der Waals surface area (Å²) in [6, 6.07) is 10.3. The van der Waals surface area contributed by atoms with Crippen molar-refractivity contribution in [3.05, 3.63) is 41.5 Å². The van der Waals surface area contributed by atoms with Gasteiger partial charge in [0.25, 0.3) is 0 Å². The predicted molar refractivity (Wildman–Crippen MR) is 89.7 cm³/mol. The van der Waals surface area contributed by atoms with Gasteiger partial charge in [0.05, 0.1) is 12.7 Å². The van der Waals surface area contributed by atoms with Crippen molar-refractivity contribution < 1.29 is 4.74 Å². The number of nitrogens with zero attached hydrogens (tertiary/aromatic N) is 1. The van der Waals surface area contributed by atoms with Gasteiger partial charge in [-0.1, -0.05) is 23.8 Å². The molecular formula is C19H26N2O. The van der Waals surface area contributed by atoms with E-state index in [9.17, 15) is 0 Å². The van der Waals surface area contributed by atoms with Crippen LogP contribution in [0.2, 0.25) is 0 Å². The quantitative estimate of drug-likeness (QED) is 0.544. The van der Waals surface area contributed by atoms with Gasteiger partial charge in [0.15, 0.2) is 0 Å². The summed E-state index contributed by atoms with van der Waals surface area (Å²) in [6.07, 6.45) is 10.2. The summed E-state index contributed by atoms with van der Waals surface area (Å²) in [5.41, 5.74) is 2.86. The van der Waals surface area contributed by atoms with Gasteiger partial charge in [-0.25, -0.2) is 0 Å². The van der Waals surface area contributed by atoms with Crippen LogP contribution in [0.5, 0.6) is 5.75 Å². The topological polar surface area (TPSA) is 45.0 Å². The Labute approximate surface area is 134 Å². The van der Waals surface area contributed by atoms with Crippen LogP contribution in [0.4, 0.5) is 0 Å². The number of nitriles is 1. The predicted octanol–water partition coefficient (Wildman–Crippen LogP) is 4.35. The van der Waals surface area contributed by atoms with Gasteiger partial charge in [0.2, 0.25) is 0 Å². The summed E-state index contributed by atoms with van der Waals surface area (Å²) < 4.78 is 5.66. The first-order chi connectivity index (χ1) is 10.9. The lowest BCUT2D eigenvalue weighted by Crippen LogP contribution is -2.15. The van der Waals surface area contributed by atoms with Gasteiger partial charge < -0.3 is 10.1 Å². The second kappa shape index (κ2) is 10.0. The SMILES string of the molecule is N#CCCCOc1cccc(CNCCC2=CCCCC2)c1. The van der Waals surface area contributed by atoms with E-state index in [-0.39, 0.29) is 0 Å². The minimum Gasteiger partial charge on any atom is -0.494 e. The Morgan fingerprint density at radius 3 is 3.05 bits per heavy atom. The minimum absolute atomic E-state index is 0.553. The number of allylic oxidation sites excluding steroid dienone is 1. The van der Waals surface area contributed by atoms with Gasteiger partial charge in [0.1, 0.15) is 5.75 Å². The number of rotatable bonds is 9. The molecule has 1 N–H and O–H groups in total. The Morgan fingerprint density at radius 1 is 1.27 bits per heavy atom. The van der Waals surface area contributed by atoms with Gasteiger partial charge in [-0.3, -0.25) is 0 Å². The van der Waals surface area contributed by atoms with Crippen molar-refractivity contribution in [1.29, 1.82) is 5.26 Å². The first kappa shape index (κ1) is 16.6. The highest BCUT2D eigenvalue weighted by Gasteiger charge is 2.03. The molecule has 0 aromatic heterocycles. The zero-order valence-corrected chi connectivity index (χ0v) is 13.3. The van der Waals surface area contributed by atoms with Gasteiger partial charge in [-0.05, 0) is 62.8 Å². The molecule has 0 radical (unpaired) electrons. The van der Waals surface area contributed by atoms with Crippen molar-refractivity contribution in [2.24, 2.45) is 0 Å². The zero-order chi connectivity index (χ0) is 15.5. The highest BCUT2D eigenvalue weighted by molar-refractivity contribution is 5.28. The Morgan fingerprint density at radius 2 is 2.23 bits per heavy atom. The summed E-state index contributed by atoms with van der Waals surface area (Å²) in [7, 11) is 0. The van der Waals surface area contributed by atoms with E-state index in [1.165, 1.54) is 37.7 Å². The molecule has 118 valence electrons. The Kier molecular flexibility index (Phi) is 7.55. The molecule has 0 fully saturated rings. The van der Waals surface area contributed by atoms with Crippen molar-refractivity contribution in [2.45, 2.75) is 51.5 Å². The van der Waals surface area contributed by atoms with Crippen molar-refractivity contribution in [3.63, 3.8) is 0 Å². The number of ether oxygens (including phenoxy) is 1. The van der Waals surface area contributed by atoms with Crippen LogP contribution in [0.3, 0.4) is 0 Å². The first-order valence-electron chi connectivity index (χ1n) is 8.36. The molecule has 0 heterocycles. The van der Waals surface area contributed by atoms with E-state index in [1.807, 2.05) is 12.1 Å². The highest BCUT2D eigenvalue weighted by atomic mass is 16.5. The first-order valence-corrected chi connectivity index (χ1v) is 8.36. The molecule has 3 heteroatoms. The monoisotopic (exact) mass is 298 g/mol.